The highest BCUT2D eigenvalue weighted by Crippen LogP contribution is 2.48. The quantitative estimate of drug-likeness (QED) is 0.839. The fourth-order valence-electron chi connectivity index (χ4n) is 3.21. The zero-order valence-corrected chi connectivity index (χ0v) is 14.0. The summed E-state index contributed by atoms with van der Waals surface area (Å²) in [6, 6.07) is 13.9. The lowest BCUT2D eigenvalue weighted by Crippen LogP contribution is -2.38. The molecule has 132 valence electrons. The number of benzene rings is 2. The van der Waals surface area contributed by atoms with E-state index in [1.54, 1.807) is 11.0 Å². The molecule has 3 nitrogen and oxygen atoms in total. The molecule has 1 aliphatic rings. The first-order valence-corrected chi connectivity index (χ1v) is 8.58. The van der Waals surface area contributed by atoms with Gasteiger partial charge < -0.3 is 10.6 Å². The van der Waals surface area contributed by atoms with Gasteiger partial charge >= 0.3 is 0 Å². The largest absolute Gasteiger partial charge is 0.341 e. The Morgan fingerprint density at radius 1 is 1.08 bits per heavy atom. The Morgan fingerprint density at radius 2 is 1.84 bits per heavy atom. The summed E-state index contributed by atoms with van der Waals surface area (Å²) in [5.41, 5.74) is 7.51. The van der Waals surface area contributed by atoms with E-state index in [4.69, 9.17) is 5.73 Å². The summed E-state index contributed by atoms with van der Waals surface area (Å²) in [7, 11) is 0. The number of nitrogens with zero attached hydrogens (tertiary/aromatic N) is 1. The molecule has 0 spiro atoms. The van der Waals surface area contributed by atoms with Gasteiger partial charge in [-0.05, 0) is 42.0 Å². The van der Waals surface area contributed by atoms with Crippen molar-refractivity contribution in [2.75, 3.05) is 19.6 Å². The predicted molar refractivity (Wildman–Crippen MR) is 93.0 cm³/mol. The molecule has 1 aliphatic carbocycles. The molecule has 2 N–H and O–H groups in total. The number of carbonyl (C=O) groups excluding carboxylic acids is 1. The molecule has 25 heavy (non-hydrogen) atoms. The van der Waals surface area contributed by atoms with E-state index < -0.39 is 11.6 Å². The molecule has 0 aromatic heterocycles. The molecular formula is C20H22F2N2O. The summed E-state index contributed by atoms with van der Waals surface area (Å²) in [6.45, 7) is 1.52. The molecule has 1 fully saturated rings. The average Bonchev–Trinajstić information content (AvgIpc) is 3.42. The molecule has 0 aliphatic heterocycles. The van der Waals surface area contributed by atoms with E-state index in [2.05, 4.69) is 0 Å². The van der Waals surface area contributed by atoms with Crippen LogP contribution in [0.4, 0.5) is 8.78 Å². The van der Waals surface area contributed by atoms with Gasteiger partial charge in [0.1, 0.15) is 0 Å². The van der Waals surface area contributed by atoms with E-state index in [1.807, 2.05) is 30.3 Å². The molecule has 2 atom stereocenters. The third kappa shape index (κ3) is 4.23. The Labute approximate surface area is 146 Å². The summed E-state index contributed by atoms with van der Waals surface area (Å²) in [5.74, 6) is -1.86. The van der Waals surface area contributed by atoms with Gasteiger partial charge in [0.2, 0.25) is 5.91 Å². The van der Waals surface area contributed by atoms with Gasteiger partial charge in [-0.15, -0.1) is 0 Å². The first-order valence-electron chi connectivity index (χ1n) is 8.58. The molecule has 5 heteroatoms. The zero-order chi connectivity index (χ0) is 17.8. The van der Waals surface area contributed by atoms with E-state index in [0.29, 0.717) is 31.6 Å². The first-order chi connectivity index (χ1) is 12.1. The van der Waals surface area contributed by atoms with Gasteiger partial charge in [-0.25, -0.2) is 8.78 Å². The van der Waals surface area contributed by atoms with Gasteiger partial charge in [-0.3, -0.25) is 4.79 Å². The van der Waals surface area contributed by atoms with Gasteiger partial charge in [-0.1, -0.05) is 36.4 Å². The van der Waals surface area contributed by atoms with E-state index in [1.165, 1.54) is 11.6 Å². The van der Waals surface area contributed by atoms with Gasteiger partial charge in [0.15, 0.2) is 11.6 Å². The van der Waals surface area contributed by atoms with Gasteiger partial charge in [0.25, 0.3) is 0 Å². The minimum absolute atomic E-state index is 0.0281. The summed E-state index contributed by atoms with van der Waals surface area (Å²) in [6.07, 6.45) is 1.45. The van der Waals surface area contributed by atoms with Crippen LogP contribution in [0.3, 0.4) is 0 Å². The summed E-state index contributed by atoms with van der Waals surface area (Å²) >= 11 is 0. The number of hydrogen-bond acceptors (Lipinski definition) is 2. The second-order valence-electron chi connectivity index (χ2n) is 6.47. The molecule has 0 bridgehead atoms. The van der Waals surface area contributed by atoms with Crippen LogP contribution in [0.1, 0.15) is 23.5 Å². The summed E-state index contributed by atoms with van der Waals surface area (Å²) in [5, 5.41) is 0. The van der Waals surface area contributed by atoms with Crippen molar-refractivity contribution in [2.24, 2.45) is 11.7 Å². The highest BCUT2D eigenvalue weighted by Gasteiger charge is 2.45. The fraction of sp³-hybridized carbons (Fsp3) is 0.350. The topological polar surface area (TPSA) is 46.3 Å². The SMILES string of the molecule is NCCN(CCc1ccccc1)C(=O)C1CC1c1ccc(F)c(F)c1. The molecule has 2 unspecified atom stereocenters. The van der Waals surface area contributed by atoms with Crippen molar-refractivity contribution in [2.45, 2.75) is 18.8 Å². The van der Waals surface area contributed by atoms with Crippen LogP contribution in [0.15, 0.2) is 48.5 Å². The van der Waals surface area contributed by atoms with Crippen LogP contribution < -0.4 is 5.73 Å². The third-order valence-corrected chi connectivity index (χ3v) is 4.70. The van der Waals surface area contributed by atoms with E-state index >= 15 is 0 Å². The maximum atomic E-state index is 13.4. The maximum Gasteiger partial charge on any atom is 0.226 e. The van der Waals surface area contributed by atoms with Crippen LogP contribution in [-0.2, 0) is 11.2 Å². The normalized spacial score (nSPS) is 18.8. The summed E-state index contributed by atoms with van der Waals surface area (Å²) in [4.78, 5) is 14.5. The fourth-order valence-corrected chi connectivity index (χ4v) is 3.21. The Balaban J connectivity index is 1.62. The van der Waals surface area contributed by atoms with Crippen LogP contribution >= 0.6 is 0 Å². The lowest BCUT2D eigenvalue weighted by molar-refractivity contribution is -0.132. The Hall–Kier alpha value is -2.27. The first kappa shape index (κ1) is 17.5. The van der Waals surface area contributed by atoms with Crippen LogP contribution in [-0.4, -0.2) is 30.4 Å². The van der Waals surface area contributed by atoms with E-state index in [9.17, 15) is 13.6 Å². The molecular weight excluding hydrogens is 322 g/mol. The monoisotopic (exact) mass is 344 g/mol. The smallest absolute Gasteiger partial charge is 0.226 e. The highest BCUT2D eigenvalue weighted by atomic mass is 19.2. The van der Waals surface area contributed by atoms with Gasteiger partial charge in [-0.2, -0.15) is 0 Å². The third-order valence-electron chi connectivity index (χ3n) is 4.70. The van der Waals surface area contributed by atoms with Crippen LogP contribution in [0, 0.1) is 17.6 Å². The minimum atomic E-state index is -0.863. The van der Waals surface area contributed by atoms with Gasteiger partial charge in [0, 0.05) is 25.6 Å². The molecule has 0 heterocycles. The lowest BCUT2D eigenvalue weighted by Gasteiger charge is -2.22. The molecule has 0 saturated heterocycles. The average molecular weight is 344 g/mol. The maximum absolute atomic E-state index is 13.4. The number of hydrogen-bond donors (Lipinski definition) is 1. The molecule has 2 aromatic carbocycles. The number of halogens is 2. The van der Waals surface area contributed by atoms with Crippen molar-refractivity contribution >= 4 is 5.91 Å². The van der Waals surface area contributed by atoms with E-state index in [0.717, 1.165) is 12.5 Å². The number of nitrogens with two attached hydrogens (primary N) is 1. The zero-order valence-electron chi connectivity index (χ0n) is 14.0. The van der Waals surface area contributed by atoms with Crippen molar-refractivity contribution in [1.29, 1.82) is 0 Å². The van der Waals surface area contributed by atoms with Crippen LogP contribution in [0.2, 0.25) is 0 Å². The standard InChI is InChI=1S/C20H22F2N2O/c21-18-7-6-15(12-19(18)22)16-13-17(16)20(25)24(11-9-23)10-8-14-4-2-1-3-5-14/h1-7,12,16-17H,8-11,13,23H2. The predicted octanol–water partition coefficient (Wildman–Crippen LogP) is 3.10. The molecule has 0 radical (unpaired) electrons. The van der Waals surface area contributed by atoms with Crippen molar-refractivity contribution in [3.8, 4) is 0 Å². The Morgan fingerprint density at radius 3 is 2.52 bits per heavy atom. The van der Waals surface area contributed by atoms with Crippen molar-refractivity contribution in [3.63, 3.8) is 0 Å². The number of rotatable bonds is 7. The molecule has 3 rings (SSSR count). The second-order valence-corrected chi connectivity index (χ2v) is 6.47. The van der Waals surface area contributed by atoms with Crippen molar-refractivity contribution in [1.82, 2.24) is 4.90 Å². The summed E-state index contributed by atoms with van der Waals surface area (Å²) < 4.78 is 26.5. The van der Waals surface area contributed by atoms with E-state index in [-0.39, 0.29) is 17.7 Å². The van der Waals surface area contributed by atoms with Gasteiger partial charge in [0.05, 0.1) is 0 Å². The molecule has 1 amide bonds. The van der Waals surface area contributed by atoms with Crippen LogP contribution in [0.5, 0.6) is 0 Å². The Kier molecular flexibility index (Phi) is 5.43. The van der Waals surface area contributed by atoms with Crippen LogP contribution in [0.25, 0.3) is 0 Å². The number of carbonyl (C=O) groups is 1. The molecule has 1 saturated carbocycles. The Bertz CT molecular complexity index is 736. The minimum Gasteiger partial charge on any atom is -0.341 e. The second kappa shape index (κ2) is 7.74. The highest BCUT2D eigenvalue weighted by molar-refractivity contribution is 5.83. The van der Waals surface area contributed by atoms with Crippen molar-refractivity contribution in [3.05, 3.63) is 71.3 Å². The lowest BCUT2D eigenvalue weighted by atomic mass is 10.1. The van der Waals surface area contributed by atoms with Crippen molar-refractivity contribution < 1.29 is 13.6 Å². The molecule has 2 aromatic rings. The number of amides is 1.